The van der Waals surface area contributed by atoms with Crippen LogP contribution >= 0.6 is 11.3 Å². The van der Waals surface area contributed by atoms with E-state index in [1.807, 2.05) is 11.3 Å². The Labute approximate surface area is 326 Å². The maximum Gasteiger partial charge on any atom is 0.164 e. The zero-order valence-electron chi connectivity index (χ0n) is 30.2. The highest BCUT2D eigenvalue weighted by atomic mass is 32.1. The van der Waals surface area contributed by atoms with E-state index in [4.69, 9.17) is 19.4 Å². The maximum absolute atomic E-state index is 6.90. The van der Waals surface area contributed by atoms with Crippen molar-refractivity contribution in [2.75, 3.05) is 0 Å². The number of nitrogens with zero attached hydrogens (tertiary/aromatic N) is 3. The van der Waals surface area contributed by atoms with Crippen LogP contribution < -0.4 is 0 Å². The van der Waals surface area contributed by atoms with Crippen LogP contribution in [0.3, 0.4) is 0 Å². The lowest BCUT2D eigenvalue weighted by Crippen LogP contribution is -2.06. The molecule has 8 aromatic carbocycles. The third-order valence-corrected chi connectivity index (χ3v) is 12.5. The first-order chi connectivity index (χ1) is 27.7. The smallest absolute Gasteiger partial charge is 0.164 e. The van der Waals surface area contributed by atoms with Crippen molar-refractivity contribution >= 4 is 80.4 Å². The second-order valence-electron chi connectivity index (χ2n) is 14.6. The van der Waals surface area contributed by atoms with E-state index in [1.54, 1.807) is 0 Å². The van der Waals surface area contributed by atoms with Gasteiger partial charge in [-0.3, -0.25) is 0 Å². The Bertz CT molecular complexity index is 3350. The molecule has 0 atom stereocenters. The van der Waals surface area contributed by atoms with Crippen molar-refractivity contribution in [1.82, 2.24) is 15.0 Å². The van der Waals surface area contributed by atoms with E-state index < -0.39 is 0 Å². The minimum atomic E-state index is 0.647. The molecule has 0 spiro atoms. The fourth-order valence-corrected chi connectivity index (χ4v) is 9.75. The fourth-order valence-electron chi connectivity index (χ4n) is 8.65. The Morgan fingerprint density at radius 3 is 1.82 bits per heavy atom. The normalized spacial score (nSPS) is 13.0. The summed E-state index contributed by atoms with van der Waals surface area (Å²) >= 11 is 1.85. The summed E-state index contributed by atoms with van der Waals surface area (Å²) in [5.41, 5.74) is 7.09. The molecule has 5 heteroatoms. The molecule has 0 unspecified atom stereocenters. The monoisotopic (exact) mass is 733 g/mol. The predicted octanol–water partition coefficient (Wildman–Crippen LogP) is 13.8. The summed E-state index contributed by atoms with van der Waals surface area (Å²) in [6.07, 6.45) is 3.93. The zero-order chi connectivity index (χ0) is 36.7. The van der Waals surface area contributed by atoms with Crippen molar-refractivity contribution in [3.63, 3.8) is 0 Å². The highest BCUT2D eigenvalue weighted by Gasteiger charge is 2.26. The number of allylic oxidation sites excluding steroid dienone is 1. The summed E-state index contributed by atoms with van der Waals surface area (Å²) in [4.78, 5) is 15.6. The molecule has 1 aliphatic rings. The van der Waals surface area contributed by atoms with Gasteiger partial charge in [-0.25, -0.2) is 15.0 Å². The van der Waals surface area contributed by atoms with Crippen molar-refractivity contribution < 1.29 is 4.42 Å². The van der Waals surface area contributed by atoms with E-state index in [1.165, 1.54) is 41.7 Å². The molecule has 0 amide bonds. The lowest BCUT2D eigenvalue weighted by molar-refractivity contribution is 0.546. The maximum atomic E-state index is 6.90. The molecule has 0 N–H and O–H groups in total. The van der Waals surface area contributed by atoms with Crippen LogP contribution in [0.1, 0.15) is 23.6 Å². The molecule has 11 aromatic rings. The number of hydrogen-bond acceptors (Lipinski definition) is 5. The van der Waals surface area contributed by atoms with E-state index in [0.717, 1.165) is 73.7 Å². The zero-order valence-corrected chi connectivity index (χ0v) is 31.0. The molecule has 1 aliphatic carbocycles. The van der Waals surface area contributed by atoms with Crippen LogP contribution in [0.15, 0.2) is 168 Å². The summed E-state index contributed by atoms with van der Waals surface area (Å²) in [7, 11) is 0. The highest BCUT2D eigenvalue weighted by molar-refractivity contribution is 7.26. The molecule has 3 aromatic heterocycles. The van der Waals surface area contributed by atoms with Crippen LogP contribution in [-0.2, 0) is 6.42 Å². The summed E-state index contributed by atoms with van der Waals surface area (Å²) < 4.78 is 9.49. The number of fused-ring (bicyclic) bond motifs is 10. The lowest BCUT2D eigenvalue weighted by Gasteiger charge is -2.15. The minimum absolute atomic E-state index is 0.647. The summed E-state index contributed by atoms with van der Waals surface area (Å²) in [6.45, 7) is 0. The molecular formula is C51H31N3OS. The first-order valence-corrected chi connectivity index (χ1v) is 19.9. The molecule has 4 nitrogen and oxygen atoms in total. The number of para-hydroxylation sites is 1. The van der Waals surface area contributed by atoms with Gasteiger partial charge in [-0.05, 0) is 74.6 Å². The first kappa shape index (κ1) is 31.4. The molecule has 0 bridgehead atoms. The fraction of sp³-hybridized carbons (Fsp3) is 0.0392. The largest absolute Gasteiger partial charge is 0.460 e. The van der Waals surface area contributed by atoms with Crippen molar-refractivity contribution in [1.29, 1.82) is 0 Å². The highest BCUT2D eigenvalue weighted by Crippen LogP contribution is 2.44. The van der Waals surface area contributed by atoms with Crippen molar-refractivity contribution in [3.05, 3.63) is 181 Å². The molecular weight excluding hydrogens is 703 g/mol. The number of benzene rings is 8. The van der Waals surface area contributed by atoms with Gasteiger partial charge < -0.3 is 4.42 Å². The Morgan fingerprint density at radius 1 is 0.464 bits per heavy atom. The molecule has 12 rings (SSSR count). The quantitative estimate of drug-likeness (QED) is 0.181. The number of thiophene rings is 1. The second-order valence-corrected chi connectivity index (χ2v) is 15.7. The predicted molar refractivity (Wildman–Crippen MR) is 233 cm³/mol. The molecule has 56 heavy (non-hydrogen) atoms. The van der Waals surface area contributed by atoms with E-state index in [0.29, 0.717) is 17.5 Å². The first-order valence-electron chi connectivity index (χ1n) is 19.1. The average molecular weight is 734 g/mol. The number of hydrogen-bond donors (Lipinski definition) is 0. The molecule has 262 valence electrons. The standard InChI is InChI=1S/C51H31N3OS/c1-3-12-33-27-36(21-19-30(33)9-1)49-52-50(37-22-20-31-10-2-4-13-34(31)28-37)54-51(53-49)41-17-8-18-43-46(41)40-16-7-15-39(48(40)55-43)35-24-25-44-42(29-35)47-38-14-6-5-11-32(38)23-26-45(47)56-44/h1-7,9-17,19-29H,8,18H2. The van der Waals surface area contributed by atoms with Gasteiger partial charge >= 0.3 is 0 Å². The van der Waals surface area contributed by atoms with Gasteiger partial charge in [0.1, 0.15) is 11.3 Å². The van der Waals surface area contributed by atoms with Gasteiger partial charge in [-0.2, -0.15) is 0 Å². The molecule has 0 radical (unpaired) electrons. The summed E-state index contributed by atoms with van der Waals surface area (Å²) in [6, 6.07) is 56.2. The molecule has 0 saturated heterocycles. The Kier molecular flexibility index (Phi) is 6.89. The molecule has 0 fully saturated rings. The van der Waals surface area contributed by atoms with Crippen LogP contribution in [0, 0.1) is 0 Å². The van der Waals surface area contributed by atoms with E-state index >= 15 is 0 Å². The van der Waals surface area contributed by atoms with Crippen LogP contribution in [0.25, 0.3) is 103 Å². The number of rotatable bonds is 4. The van der Waals surface area contributed by atoms with Gasteiger partial charge in [0.05, 0.1) is 0 Å². The van der Waals surface area contributed by atoms with Crippen LogP contribution in [0.5, 0.6) is 0 Å². The summed E-state index contributed by atoms with van der Waals surface area (Å²) in [5, 5.41) is 10.9. The third-order valence-electron chi connectivity index (χ3n) is 11.3. The lowest BCUT2D eigenvalue weighted by atomic mass is 9.92. The van der Waals surface area contributed by atoms with Crippen molar-refractivity contribution in [2.24, 2.45) is 0 Å². The van der Waals surface area contributed by atoms with Gasteiger partial charge in [0.15, 0.2) is 17.5 Å². The van der Waals surface area contributed by atoms with Crippen molar-refractivity contribution in [2.45, 2.75) is 12.8 Å². The minimum Gasteiger partial charge on any atom is -0.460 e. The van der Waals surface area contributed by atoms with Crippen LogP contribution in [-0.4, -0.2) is 15.0 Å². The van der Waals surface area contributed by atoms with E-state index in [9.17, 15) is 0 Å². The summed E-state index contributed by atoms with van der Waals surface area (Å²) in [5.74, 6) is 2.92. The van der Waals surface area contributed by atoms with Crippen molar-refractivity contribution in [3.8, 4) is 33.9 Å². The Hall–Kier alpha value is -6.95. The van der Waals surface area contributed by atoms with Gasteiger partial charge in [0, 0.05) is 59.8 Å². The number of aryl methyl sites for hydroxylation is 1. The van der Waals surface area contributed by atoms with Crippen LogP contribution in [0.2, 0.25) is 0 Å². The van der Waals surface area contributed by atoms with Crippen LogP contribution in [0.4, 0.5) is 0 Å². The topological polar surface area (TPSA) is 51.8 Å². The number of furan rings is 1. The van der Waals surface area contributed by atoms with Gasteiger partial charge in [0.2, 0.25) is 0 Å². The third kappa shape index (κ3) is 4.94. The van der Waals surface area contributed by atoms with Gasteiger partial charge in [0.25, 0.3) is 0 Å². The van der Waals surface area contributed by atoms with E-state index in [2.05, 4.69) is 164 Å². The second kappa shape index (κ2) is 12.3. The SMILES string of the molecule is C1=C(c2nc(-c3ccc4ccccc4c3)nc(-c3ccc4ccccc4c3)n2)c2c(oc3c(-c4ccc5sc6ccc7ccccc7c6c5c4)cccc23)CC1. The Morgan fingerprint density at radius 2 is 1.07 bits per heavy atom. The molecule has 0 saturated carbocycles. The van der Waals surface area contributed by atoms with Gasteiger partial charge in [-0.1, -0.05) is 133 Å². The van der Waals surface area contributed by atoms with E-state index in [-0.39, 0.29) is 0 Å². The van der Waals surface area contributed by atoms with Gasteiger partial charge in [-0.15, -0.1) is 11.3 Å². The Balaban J connectivity index is 1.03. The average Bonchev–Trinajstić information content (AvgIpc) is 3.84. The molecule has 3 heterocycles. The molecule has 0 aliphatic heterocycles. The number of aromatic nitrogens is 3.